The van der Waals surface area contributed by atoms with Crippen molar-refractivity contribution in [2.24, 2.45) is 0 Å². The molecule has 5 nitrogen and oxygen atoms in total. The number of H-pyrrole nitrogens is 1. The Bertz CT molecular complexity index is 637. The van der Waals surface area contributed by atoms with Crippen molar-refractivity contribution in [3.05, 3.63) is 57.8 Å². The van der Waals surface area contributed by atoms with Gasteiger partial charge in [-0.3, -0.25) is 9.69 Å². The van der Waals surface area contributed by atoms with Crippen LogP contribution in [0.4, 0.5) is 0 Å². The van der Waals surface area contributed by atoms with Crippen LogP contribution in [0.5, 0.6) is 5.75 Å². The molecule has 1 N–H and O–H groups in total. The summed E-state index contributed by atoms with van der Waals surface area (Å²) in [7, 11) is 0. The Morgan fingerprint density at radius 1 is 1.37 bits per heavy atom. The van der Waals surface area contributed by atoms with Crippen LogP contribution in [-0.2, 0) is 13.1 Å². The van der Waals surface area contributed by atoms with Crippen LogP contribution in [0.1, 0.15) is 17.1 Å². The molecule has 1 aliphatic rings. The number of benzene rings is 1. The first-order chi connectivity index (χ1) is 9.22. The fraction of sp³-hybridized carbons (Fsp3) is 0.286. The molecule has 19 heavy (non-hydrogen) atoms. The van der Waals surface area contributed by atoms with Gasteiger partial charge in [0.05, 0.1) is 0 Å². The summed E-state index contributed by atoms with van der Waals surface area (Å²) in [5.41, 5.74) is 1.74. The van der Waals surface area contributed by atoms with Crippen LogP contribution < -0.4 is 10.3 Å². The van der Waals surface area contributed by atoms with Gasteiger partial charge in [0.25, 0.3) is 5.56 Å². The van der Waals surface area contributed by atoms with E-state index in [9.17, 15) is 4.79 Å². The molecule has 0 saturated heterocycles. The Kier molecular flexibility index (Phi) is 3.05. The number of nitrogens with zero attached hydrogens (tertiary/aromatic N) is 2. The number of hydrogen-bond acceptors (Lipinski definition) is 4. The molecule has 0 aliphatic carbocycles. The molecule has 2 aromatic rings. The van der Waals surface area contributed by atoms with E-state index in [0.717, 1.165) is 6.54 Å². The van der Waals surface area contributed by atoms with Crippen molar-refractivity contribution in [1.82, 2.24) is 14.9 Å². The second-order valence-electron chi connectivity index (χ2n) is 4.67. The highest BCUT2D eigenvalue weighted by Gasteiger charge is 2.21. The quantitative estimate of drug-likeness (QED) is 0.884. The predicted octanol–water partition coefficient (Wildman–Crippen LogP) is 1.43. The minimum atomic E-state index is -0.193. The summed E-state index contributed by atoms with van der Waals surface area (Å²) < 4.78 is 5.51. The number of aryl methyl sites for hydroxylation is 1. The molecule has 0 saturated carbocycles. The first-order valence-electron chi connectivity index (χ1n) is 6.21. The molecular weight excluding hydrogens is 242 g/mol. The maximum absolute atomic E-state index is 11.7. The molecule has 0 spiro atoms. The van der Waals surface area contributed by atoms with E-state index >= 15 is 0 Å². The summed E-state index contributed by atoms with van der Waals surface area (Å²) in [6.07, 6.45) is 0. The highest BCUT2D eigenvalue weighted by Crippen LogP contribution is 2.19. The molecule has 1 aromatic carbocycles. The van der Waals surface area contributed by atoms with Crippen molar-refractivity contribution in [3.63, 3.8) is 0 Å². The van der Waals surface area contributed by atoms with Crippen LogP contribution >= 0.6 is 0 Å². The number of aromatic amines is 1. The number of hydrogen-bond donors (Lipinski definition) is 1. The van der Waals surface area contributed by atoms with Crippen LogP contribution in [-0.4, -0.2) is 21.6 Å². The molecule has 0 fully saturated rings. The molecule has 1 aliphatic heterocycles. The molecule has 3 rings (SSSR count). The second-order valence-corrected chi connectivity index (χ2v) is 4.67. The molecule has 0 radical (unpaired) electrons. The Morgan fingerprint density at radius 2 is 2.16 bits per heavy atom. The van der Waals surface area contributed by atoms with Crippen LogP contribution in [0.3, 0.4) is 0 Å². The van der Waals surface area contributed by atoms with Crippen molar-refractivity contribution in [2.45, 2.75) is 20.0 Å². The molecule has 2 heterocycles. The number of nitrogens with one attached hydrogen (secondary N) is 1. The Labute approximate surface area is 110 Å². The maximum Gasteiger partial charge on any atom is 0.293 e. The molecule has 0 amide bonds. The van der Waals surface area contributed by atoms with E-state index in [4.69, 9.17) is 4.74 Å². The summed E-state index contributed by atoms with van der Waals surface area (Å²) in [6, 6.07) is 10.2. The van der Waals surface area contributed by atoms with Gasteiger partial charge in [0.2, 0.25) is 5.75 Å². The summed E-state index contributed by atoms with van der Waals surface area (Å²) in [6.45, 7) is 3.61. The first kappa shape index (κ1) is 11.9. The van der Waals surface area contributed by atoms with Gasteiger partial charge in [-0.15, -0.1) is 0 Å². The molecule has 0 atom stereocenters. The van der Waals surface area contributed by atoms with Crippen molar-refractivity contribution >= 4 is 0 Å². The van der Waals surface area contributed by atoms with Crippen molar-refractivity contribution < 1.29 is 4.74 Å². The lowest BCUT2D eigenvalue weighted by Gasteiger charge is -2.27. The highest BCUT2D eigenvalue weighted by atomic mass is 16.5. The lowest BCUT2D eigenvalue weighted by atomic mass is 10.2. The van der Waals surface area contributed by atoms with Crippen LogP contribution in [0.15, 0.2) is 35.1 Å². The van der Waals surface area contributed by atoms with E-state index in [1.165, 1.54) is 5.56 Å². The van der Waals surface area contributed by atoms with E-state index in [1.807, 2.05) is 18.2 Å². The van der Waals surface area contributed by atoms with E-state index < -0.39 is 0 Å². The third kappa shape index (κ3) is 2.51. The smallest absolute Gasteiger partial charge is 0.293 e. The van der Waals surface area contributed by atoms with Gasteiger partial charge in [-0.1, -0.05) is 30.3 Å². The number of rotatable bonds is 2. The minimum absolute atomic E-state index is 0.193. The third-order valence-electron chi connectivity index (χ3n) is 3.08. The topological polar surface area (TPSA) is 58.2 Å². The molecule has 0 unspecified atom stereocenters. The summed E-state index contributed by atoms with van der Waals surface area (Å²) in [5.74, 6) is 0.976. The average Bonchev–Trinajstić information content (AvgIpc) is 2.39. The van der Waals surface area contributed by atoms with Gasteiger partial charge in [-0.2, -0.15) is 0 Å². The zero-order valence-electron chi connectivity index (χ0n) is 10.7. The van der Waals surface area contributed by atoms with E-state index in [0.29, 0.717) is 30.5 Å². The maximum atomic E-state index is 11.7. The zero-order valence-corrected chi connectivity index (χ0v) is 10.7. The van der Waals surface area contributed by atoms with Gasteiger partial charge in [-0.25, -0.2) is 4.98 Å². The summed E-state index contributed by atoms with van der Waals surface area (Å²) >= 11 is 0. The van der Waals surface area contributed by atoms with Gasteiger partial charge >= 0.3 is 0 Å². The lowest BCUT2D eigenvalue weighted by molar-refractivity contribution is 0.0838. The van der Waals surface area contributed by atoms with E-state index in [1.54, 1.807) is 6.92 Å². The van der Waals surface area contributed by atoms with Crippen molar-refractivity contribution in [2.75, 3.05) is 6.73 Å². The van der Waals surface area contributed by atoms with Gasteiger partial charge in [-0.05, 0) is 12.5 Å². The SMILES string of the molecule is Cc1nc2c(c(=O)[nH]1)OCN(Cc1ccccc1)C2. The minimum Gasteiger partial charge on any atom is -0.470 e. The van der Waals surface area contributed by atoms with E-state index in [2.05, 4.69) is 27.0 Å². The first-order valence-corrected chi connectivity index (χ1v) is 6.21. The largest absolute Gasteiger partial charge is 0.470 e. The normalized spacial score (nSPS) is 14.8. The fourth-order valence-electron chi connectivity index (χ4n) is 2.25. The predicted molar refractivity (Wildman–Crippen MR) is 70.8 cm³/mol. The lowest BCUT2D eigenvalue weighted by Crippen LogP contribution is -2.35. The standard InChI is InChI=1S/C14H15N3O2/c1-10-15-12-8-17(7-11-5-3-2-4-6-11)9-19-13(12)14(18)16-10/h2-6H,7-9H2,1H3,(H,15,16,18). The Morgan fingerprint density at radius 3 is 2.95 bits per heavy atom. The summed E-state index contributed by atoms with van der Waals surface area (Å²) in [4.78, 5) is 20.8. The fourth-order valence-corrected chi connectivity index (χ4v) is 2.25. The molecule has 5 heteroatoms. The number of ether oxygens (including phenoxy) is 1. The highest BCUT2D eigenvalue weighted by molar-refractivity contribution is 5.26. The average molecular weight is 257 g/mol. The number of fused-ring (bicyclic) bond motifs is 1. The third-order valence-corrected chi connectivity index (χ3v) is 3.08. The van der Waals surface area contributed by atoms with Crippen LogP contribution in [0.2, 0.25) is 0 Å². The molecular formula is C14H15N3O2. The van der Waals surface area contributed by atoms with Crippen molar-refractivity contribution in [3.8, 4) is 5.75 Å². The van der Waals surface area contributed by atoms with Gasteiger partial charge < -0.3 is 9.72 Å². The van der Waals surface area contributed by atoms with Crippen LogP contribution in [0.25, 0.3) is 0 Å². The van der Waals surface area contributed by atoms with Gasteiger partial charge in [0.15, 0.2) is 0 Å². The zero-order chi connectivity index (χ0) is 13.2. The number of aromatic nitrogens is 2. The van der Waals surface area contributed by atoms with Gasteiger partial charge in [0, 0.05) is 13.1 Å². The summed E-state index contributed by atoms with van der Waals surface area (Å²) in [5, 5.41) is 0. The Hall–Kier alpha value is -2.14. The van der Waals surface area contributed by atoms with Gasteiger partial charge in [0.1, 0.15) is 18.2 Å². The Balaban J connectivity index is 1.81. The molecule has 0 bridgehead atoms. The molecule has 98 valence electrons. The molecule has 1 aromatic heterocycles. The second kappa shape index (κ2) is 4.85. The van der Waals surface area contributed by atoms with Crippen molar-refractivity contribution in [1.29, 1.82) is 0 Å². The van der Waals surface area contributed by atoms with Crippen LogP contribution in [0, 0.1) is 6.92 Å². The van der Waals surface area contributed by atoms with E-state index in [-0.39, 0.29) is 5.56 Å². The monoisotopic (exact) mass is 257 g/mol.